The number of nitrogens with two attached hydrogens (primary N) is 1. The van der Waals surface area contributed by atoms with E-state index in [0.717, 1.165) is 18.2 Å². The van der Waals surface area contributed by atoms with E-state index in [0.29, 0.717) is 11.3 Å². The van der Waals surface area contributed by atoms with Crippen LogP contribution in [0.4, 0.5) is 18.9 Å². The van der Waals surface area contributed by atoms with E-state index in [1.807, 2.05) is 0 Å². The van der Waals surface area contributed by atoms with E-state index in [1.165, 1.54) is 7.11 Å². The Bertz CT molecular complexity index is 664. The van der Waals surface area contributed by atoms with E-state index >= 15 is 0 Å². The van der Waals surface area contributed by atoms with Crippen molar-refractivity contribution in [3.05, 3.63) is 53.6 Å². The lowest BCUT2D eigenvalue weighted by Gasteiger charge is -2.13. The number of alkyl halides is 3. The van der Waals surface area contributed by atoms with Crippen molar-refractivity contribution in [3.63, 3.8) is 0 Å². The topological polar surface area (TPSA) is 52.3 Å². The Kier molecular flexibility index (Phi) is 3.88. The molecule has 0 aromatic heterocycles. The van der Waals surface area contributed by atoms with Crippen LogP contribution in [-0.2, 0) is 10.9 Å². The molecule has 0 radical (unpaired) electrons. The number of carbonyl (C=O) groups excluding carboxylic acids is 1. The number of carbonyl (C=O) groups is 1. The van der Waals surface area contributed by atoms with Crippen LogP contribution in [0.3, 0.4) is 0 Å². The van der Waals surface area contributed by atoms with Gasteiger partial charge in [-0.15, -0.1) is 0 Å². The summed E-state index contributed by atoms with van der Waals surface area (Å²) in [6.45, 7) is 0. The first kappa shape index (κ1) is 14.9. The average molecular weight is 295 g/mol. The van der Waals surface area contributed by atoms with Crippen molar-refractivity contribution in [2.75, 3.05) is 12.8 Å². The molecule has 2 N–H and O–H groups in total. The molecular weight excluding hydrogens is 283 g/mol. The van der Waals surface area contributed by atoms with Crippen molar-refractivity contribution in [2.45, 2.75) is 6.18 Å². The first-order valence-electron chi connectivity index (χ1n) is 5.98. The zero-order valence-electron chi connectivity index (χ0n) is 11.1. The van der Waals surface area contributed by atoms with Gasteiger partial charge in [-0.3, -0.25) is 0 Å². The van der Waals surface area contributed by atoms with E-state index < -0.39 is 17.7 Å². The molecule has 0 aliphatic heterocycles. The van der Waals surface area contributed by atoms with Crippen molar-refractivity contribution in [2.24, 2.45) is 0 Å². The van der Waals surface area contributed by atoms with Crippen molar-refractivity contribution in [1.29, 1.82) is 0 Å². The van der Waals surface area contributed by atoms with Crippen LogP contribution in [-0.4, -0.2) is 13.1 Å². The second-order valence-corrected chi connectivity index (χ2v) is 4.37. The number of hydrogen-bond donors (Lipinski definition) is 1. The molecule has 2 aromatic rings. The third-order valence-corrected chi connectivity index (χ3v) is 2.97. The molecular formula is C15H12F3NO2. The Hall–Kier alpha value is -2.50. The molecule has 110 valence electrons. The molecule has 0 aliphatic carbocycles. The van der Waals surface area contributed by atoms with E-state index in [4.69, 9.17) is 5.73 Å². The highest BCUT2D eigenvalue weighted by atomic mass is 19.4. The molecule has 6 heteroatoms. The van der Waals surface area contributed by atoms with Crippen LogP contribution >= 0.6 is 0 Å². The molecule has 0 heterocycles. The van der Waals surface area contributed by atoms with E-state index in [2.05, 4.69) is 4.74 Å². The van der Waals surface area contributed by atoms with Gasteiger partial charge < -0.3 is 10.5 Å². The second kappa shape index (κ2) is 5.47. The third-order valence-electron chi connectivity index (χ3n) is 2.97. The number of benzene rings is 2. The average Bonchev–Trinajstić information content (AvgIpc) is 2.45. The smallest absolute Gasteiger partial charge is 0.416 e. The summed E-state index contributed by atoms with van der Waals surface area (Å²) >= 11 is 0. The Morgan fingerprint density at radius 2 is 1.71 bits per heavy atom. The minimum atomic E-state index is -4.49. The highest BCUT2D eigenvalue weighted by Gasteiger charge is 2.31. The standard InChI is InChI=1S/C15H12F3NO2/c1-21-14(20)12-7-4-10(15(16,17)18)8-13(12)9-2-5-11(19)6-3-9/h2-8H,19H2,1H3. The summed E-state index contributed by atoms with van der Waals surface area (Å²) in [6.07, 6.45) is -4.49. The van der Waals surface area contributed by atoms with Crippen LogP contribution < -0.4 is 5.73 Å². The second-order valence-electron chi connectivity index (χ2n) is 4.37. The van der Waals surface area contributed by atoms with E-state index in [1.54, 1.807) is 24.3 Å². The van der Waals surface area contributed by atoms with Gasteiger partial charge in [-0.05, 0) is 41.5 Å². The largest absolute Gasteiger partial charge is 0.465 e. The normalized spacial score (nSPS) is 11.2. The van der Waals surface area contributed by atoms with Gasteiger partial charge in [0.25, 0.3) is 0 Å². The molecule has 2 aromatic carbocycles. The first-order valence-corrected chi connectivity index (χ1v) is 5.98. The van der Waals surface area contributed by atoms with Gasteiger partial charge in [-0.1, -0.05) is 12.1 Å². The zero-order chi connectivity index (χ0) is 15.6. The molecule has 0 unspecified atom stereocenters. The summed E-state index contributed by atoms with van der Waals surface area (Å²) in [4.78, 5) is 11.7. The molecule has 0 bridgehead atoms. The maximum atomic E-state index is 12.8. The third kappa shape index (κ3) is 3.16. The summed E-state index contributed by atoms with van der Waals surface area (Å²) < 4.78 is 43.1. The van der Waals surface area contributed by atoms with Gasteiger partial charge in [0.2, 0.25) is 0 Å². The van der Waals surface area contributed by atoms with Gasteiger partial charge in [0, 0.05) is 5.69 Å². The summed E-state index contributed by atoms with van der Waals surface area (Å²) in [7, 11) is 1.17. The molecule has 0 aliphatic rings. The van der Waals surface area contributed by atoms with Gasteiger partial charge in [-0.25, -0.2) is 4.79 Å². The van der Waals surface area contributed by atoms with Gasteiger partial charge in [0.1, 0.15) is 0 Å². The molecule has 21 heavy (non-hydrogen) atoms. The predicted octanol–water partition coefficient (Wildman–Crippen LogP) is 3.74. The summed E-state index contributed by atoms with van der Waals surface area (Å²) in [5.74, 6) is -0.699. The van der Waals surface area contributed by atoms with Gasteiger partial charge >= 0.3 is 12.1 Å². The Labute approximate surface area is 119 Å². The number of hydrogen-bond acceptors (Lipinski definition) is 3. The molecule has 0 saturated carbocycles. The quantitative estimate of drug-likeness (QED) is 0.678. The SMILES string of the molecule is COC(=O)c1ccc(C(F)(F)F)cc1-c1ccc(N)cc1. The van der Waals surface area contributed by atoms with Crippen molar-refractivity contribution < 1.29 is 22.7 Å². The molecule has 2 rings (SSSR count). The predicted molar refractivity (Wildman–Crippen MR) is 72.6 cm³/mol. The van der Waals surface area contributed by atoms with Crippen LogP contribution in [0.2, 0.25) is 0 Å². The van der Waals surface area contributed by atoms with Crippen LogP contribution in [0.25, 0.3) is 11.1 Å². The van der Waals surface area contributed by atoms with Gasteiger partial charge in [0.05, 0.1) is 18.2 Å². The van der Waals surface area contributed by atoms with Gasteiger partial charge in [-0.2, -0.15) is 13.2 Å². The monoisotopic (exact) mass is 295 g/mol. The first-order chi connectivity index (χ1) is 9.82. The molecule has 0 spiro atoms. The lowest BCUT2D eigenvalue weighted by molar-refractivity contribution is -0.137. The van der Waals surface area contributed by atoms with E-state index in [9.17, 15) is 18.0 Å². The van der Waals surface area contributed by atoms with Crippen molar-refractivity contribution in [3.8, 4) is 11.1 Å². The number of methoxy groups -OCH3 is 1. The van der Waals surface area contributed by atoms with Crippen molar-refractivity contribution >= 4 is 11.7 Å². The van der Waals surface area contributed by atoms with Crippen LogP contribution in [0.15, 0.2) is 42.5 Å². The van der Waals surface area contributed by atoms with Crippen LogP contribution in [0.5, 0.6) is 0 Å². The summed E-state index contributed by atoms with van der Waals surface area (Å²) in [6, 6.07) is 9.10. The lowest BCUT2D eigenvalue weighted by atomic mass is 9.97. The molecule has 0 fully saturated rings. The Morgan fingerprint density at radius 3 is 2.24 bits per heavy atom. The summed E-state index contributed by atoms with van der Waals surface area (Å²) in [5, 5.41) is 0. The fourth-order valence-corrected chi connectivity index (χ4v) is 1.91. The van der Waals surface area contributed by atoms with Gasteiger partial charge in [0.15, 0.2) is 0 Å². The number of esters is 1. The van der Waals surface area contributed by atoms with Crippen LogP contribution in [0.1, 0.15) is 15.9 Å². The molecule has 3 nitrogen and oxygen atoms in total. The molecule has 0 saturated heterocycles. The minimum Gasteiger partial charge on any atom is -0.465 e. The lowest BCUT2D eigenvalue weighted by Crippen LogP contribution is -2.09. The maximum Gasteiger partial charge on any atom is 0.416 e. The number of anilines is 1. The summed E-state index contributed by atoms with van der Waals surface area (Å²) in [5.41, 5.74) is 5.87. The Balaban J connectivity index is 2.63. The minimum absolute atomic E-state index is 0.0651. The Morgan fingerprint density at radius 1 is 1.10 bits per heavy atom. The molecule has 0 amide bonds. The highest BCUT2D eigenvalue weighted by Crippen LogP contribution is 2.34. The molecule has 0 atom stereocenters. The number of rotatable bonds is 2. The van der Waals surface area contributed by atoms with Crippen LogP contribution in [0, 0.1) is 0 Å². The number of halogens is 3. The van der Waals surface area contributed by atoms with Crippen molar-refractivity contribution in [1.82, 2.24) is 0 Å². The highest BCUT2D eigenvalue weighted by molar-refractivity contribution is 5.97. The fraction of sp³-hybridized carbons (Fsp3) is 0.133. The number of ether oxygens (including phenoxy) is 1. The maximum absolute atomic E-state index is 12.8. The number of nitrogen functional groups attached to an aromatic ring is 1. The van der Waals surface area contributed by atoms with E-state index in [-0.39, 0.29) is 11.1 Å². The fourth-order valence-electron chi connectivity index (χ4n) is 1.91. The zero-order valence-corrected chi connectivity index (χ0v) is 11.1.